The molecule has 0 saturated carbocycles. The van der Waals surface area contributed by atoms with Gasteiger partial charge in [-0.15, -0.1) is 0 Å². The van der Waals surface area contributed by atoms with Gasteiger partial charge < -0.3 is 9.72 Å². The maximum absolute atomic E-state index is 5.03. The van der Waals surface area contributed by atoms with Crippen molar-refractivity contribution in [3.8, 4) is 5.75 Å². The van der Waals surface area contributed by atoms with E-state index in [4.69, 9.17) is 17.0 Å². The van der Waals surface area contributed by atoms with Crippen LogP contribution in [0.5, 0.6) is 5.75 Å². The third kappa shape index (κ3) is 1.57. The summed E-state index contributed by atoms with van der Waals surface area (Å²) in [4.78, 5) is 7.07. The van der Waals surface area contributed by atoms with Crippen LogP contribution in [0.3, 0.4) is 0 Å². The Morgan fingerprint density at radius 3 is 2.55 bits per heavy atom. The first kappa shape index (κ1) is 8.20. The molecule has 0 amide bonds. The van der Waals surface area contributed by atoms with Crippen LogP contribution < -0.4 is 4.74 Å². The van der Waals surface area contributed by atoms with Crippen molar-refractivity contribution >= 4 is 12.2 Å². The van der Waals surface area contributed by atoms with E-state index in [1.54, 1.807) is 7.11 Å². The molecule has 0 unspecified atom stereocenters. The molecular formula is C7H10N2OS. The molecule has 60 valence electrons. The normalized spacial score (nSPS) is 9.73. The summed E-state index contributed by atoms with van der Waals surface area (Å²) in [5.74, 6) is 1.47. The van der Waals surface area contributed by atoms with Gasteiger partial charge in [-0.3, -0.25) is 0 Å². The molecule has 1 heterocycles. The first-order valence-electron chi connectivity index (χ1n) is 3.26. The van der Waals surface area contributed by atoms with Gasteiger partial charge in [0.25, 0.3) is 0 Å². The quantitative estimate of drug-likeness (QED) is 0.653. The van der Waals surface area contributed by atoms with E-state index in [0.29, 0.717) is 10.4 Å². The van der Waals surface area contributed by atoms with Crippen LogP contribution in [0.1, 0.15) is 11.5 Å². The molecule has 11 heavy (non-hydrogen) atoms. The molecule has 4 heteroatoms. The van der Waals surface area contributed by atoms with Crippen molar-refractivity contribution < 1.29 is 4.74 Å². The average Bonchev–Trinajstić information content (AvgIpc) is 1.85. The number of hydrogen-bond donors (Lipinski definition) is 1. The number of hydrogen-bond acceptors (Lipinski definition) is 3. The fourth-order valence-electron chi connectivity index (χ4n) is 0.960. The van der Waals surface area contributed by atoms with Gasteiger partial charge in [-0.2, -0.15) is 0 Å². The first-order chi connectivity index (χ1) is 5.15. The van der Waals surface area contributed by atoms with Crippen molar-refractivity contribution in [3.63, 3.8) is 0 Å². The minimum absolute atomic E-state index is 0.515. The molecule has 0 radical (unpaired) electrons. The van der Waals surface area contributed by atoms with Gasteiger partial charge in [0, 0.05) is 0 Å². The van der Waals surface area contributed by atoms with E-state index in [1.165, 1.54) is 0 Å². The number of H-pyrrole nitrogens is 1. The fourth-order valence-corrected chi connectivity index (χ4v) is 1.33. The van der Waals surface area contributed by atoms with Crippen molar-refractivity contribution in [2.75, 3.05) is 7.11 Å². The standard InChI is InChI=1S/C7H10N2OS/c1-4-6(10-3)7(11)9-5(2)8-4/h1-3H3,(H,8,9,11). The lowest BCUT2D eigenvalue weighted by atomic mass is 10.4. The minimum atomic E-state index is 0.515. The number of methoxy groups -OCH3 is 1. The Morgan fingerprint density at radius 2 is 2.09 bits per heavy atom. The molecule has 0 bridgehead atoms. The molecule has 1 aromatic heterocycles. The summed E-state index contributed by atoms with van der Waals surface area (Å²) in [7, 11) is 1.59. The molecule has 0 aliphatic rings. The van der Waals surface area contributed by atoms with Crippen molar-refractivity contribution in [1.29, 1.82) is 0 Å². The van der Waals surface area contributed by atoms with Crippen molar-refractivity contribution in [3.05, 3.63) is 16.2 Å². The Labute approximate surface area is 70.4 Å². The number of aromatic nitrogens is 2. The average molecular weight is 170 g/mol. The summed E-state index contributed by atoms with van der Waals surface area (Å²) in [6.07, 6.45) is 0. The van der Waals surface area contributed by atoms with Gasteiger partial charge in [-0.1, -0.05) is 12.2 Å². The highest BCUT2D eigenvalue weighted by Crippen LogP contribution is 2.14. The van der Waals surface area contributed by atoms with E-state index in [-0.39, 0.29) is 0 Å². The van der Waals surface area contributed by atoms with Gasteiger partial charge in [0.1, 0.15) is 5.82 Å². The monoisotopic (exact) mass is 170 g/mol. The maximum Gasteiger partial charge on any atom is 0.174 e. The number of rotatable bonds is 1. The molecule has 0 fully saturated rings. The number of aromatic amines is 1. The summed E-state index contributed by atoms with van der Waals surface area (Å²) in [6, 6.07) is 0. The second-order valence-corrected chi connectivity index (χ2v) is 2.67. The Hall–Kier alpha value is -0.900. The van der Waals surface area contributed by atoms with Crippen LogP contribution in [-0.4, -0.2) is 17.1 Å². The molecule has 0 saturated heterocycles. The molecule has 0 aliphatic heterocycles. The smallest absolute Gasteiger partial charge is 0.174 e. The van der Waals surface area contributed by atoms with Gasteiger partial charge in [0.05, 0.1) is 12.8 Å². The predicted molar refractivity (Wildman–Crippen MR) is 45.4 cm³/mol. The van der Waals surface area contributed by atoms with Crippen molar-refractivity contribution in [2.24, 2.45) is 0 Å². The van der Waals surface area contributed by atoms with Gasteiger partial charge in [-0.05, 0) is 13.8 Å². The molecule has 1 aromatic rings. The molecule has 0 spiro atoms. The highest BCUT2D eigenvalue weighted by atomic mass is 32.1. The van der Waals surface area contributed by atoms with Gasteiger partial charge in [0.15, 0.2) is 10.4 Å². The zero-order valence-corrected chi connectivity index (χ0v) is 7.58. The molecule has 1 rings (SSSR count). The van der Waals surface area contributed by atoms with Crippen LogP contribution in [0.4, 0.5) is 0 Å². The topological polar surface area (TPSA) is 37.9 Å². The van der Waals surface area contributed by atoms with Crippen LogP contribution in [0.25, 0.3) is 0 Å². The Balaban J connectivity index is 3.37. The Kier molecular flexibility index (Phi) is 2.24. The van der Waals surface area contributed by atoms with E-state index in [0.717, 1.165) is 11.5 Å². The Bertz CT molecular complexity index is 319. The number of aryl methyl sites for hydroxylation is 2. The summed E-state index contributed by atoms with van der Waals surface area (Å²) < 4.78 is 5.55. The van der Waals surface area contributed by atoms with E-state index in [9.17, 15) is 0 Å². The number of nitrogens with one attached hydrogen (secondary N) is 1. The maximum atomic E-state index is 5.03. The van der Waals surface area contributed by atoms with Crippen LogP contribution in [0, 0.1) is 18.5 Å². The molecule has 1 N–H and O–H groups in total. The second kappa shape index (κ2) is 3.00. The fraction of sp³-hybridized carbons (Fsp3) is 0.429. The lowest BCUT2D eigenvalue weighted by molar-refractivity contribution is 0.404. The van der Waals surface area contributed by atoms with Crippen LogP contribution in [-0.2, 0) is 0 Å². The zero-order chi connectivity index (χ0) is 8.43. The van der Waals surface area contributed by atoms with E-state index >= 15 is 0 Å². The summed E-state index contributed by atoms with van der Waals surface area (Å²) >= 11 is 4.97. The highest BCUT2D eigenvalue weighted by molar-refractivity contribution is 7.71. The van der Waals surface area contributed by atoms with Crippen molar-refractivity contribution in [2.45, 2.75) is 13.8 Å². The lowest BCUT2D eigenvalue weighted by Gasteiger charge is -2.04. The van der Waals surface area contributed by atoms with Gasteiger partial charge in [0.2, 0.25) is 0 Å². The second-order valence-electron chi connectivity index (χ2n) is 2.29. The van der Waals surface area contributed by atoms with Crippen molar-refractivity contribution in [1.82, 2.24) is 9.97 Å². The largest absolute Gasteiger partial charge is 0.492 e. The van der Waals surface area contributed by atoms with Crippen LogP contribution in [0.2, 0.25) is 0 Å². The Morgan fingerprint density at radius 1 is 1.45 bits per heavy atom. The van der Waals surface area contributed by atoms with E-state index < -0.39 is 0 Å². The third-order valence-electron chi connectivity index (χ3n) is 1.38. The van der Waals surface area contributed by atoms with Gasteiger partial charge >= 0.3 is 0 Å². The molecule has 0 atom stereocenters. The summed E-state index contributed by atoms with van der Waals surface area (Å²) in [5.41, 5.74) is 0.921. The zero-order valence-electron chi connectivity index (χ0n) is 6.76. The first-order valence-corrected chi connectivity index (χ1v) is 3.67. The molecular weight excluding hydrogens is 160 g/mol. The van der Waals surface area contributed by atoms with Gasteiger partial charge in [-0.25, -0.2) is 4.98 Å². The highest BCUT2D eigenvalue weighted by Gasteiger charge is 2.01. The number of ether oxygens (including phenoxy) is 1. The molecule has 0 aliphatic carbocycles. The van der Waals surface area contributed by atoms with Crippen LogP contribution >= 0.6 is 12.2 Å². The summed E-state index contributed by atoms with van der Waals surface area (Å²) in [6.45, 7) is 3.77. The SMILES string of the molecule is COc1c(C)[nH]c(C)nc1=S. The minimum Gasteiger partial charge on any atom is -0.492 e. The van der Waals surface area contributed by atoms with E-state index in [1.807, 2.05) is 13.8 Å². The molecule has 3 nitrogen and oxygen atoms in total. The van der Waals surface area contributed by atoms with Crippen LogP contribution in [0.15, 0.2) is 0 Å². The van der Waals surface area contributed by atoms with E-state index in [2.05, 4.69) is 9.97 Å². The lowest BCUT2D eigenvalue weighted by Crippen LogP contribution is -1.96. The molecule has 0 aromatic carbocycles. The number of nitrogens with zero attached hydrogens (tertiary/aromatic N) is 1. The predicted octanol–water partition coefficient (Wildman–Crippen LogP) is 1.76. The summed E-state index contributed by atoms with van der Waals surface area (Å²) in [5, 5.41) is 0. The third-order valence-corrected chi connectivity index (χ3v) is 1.65.